The highest BCUT2D eigenvalue weighted by Gasteiger charge is 2.32. The van der Waals surface area contributed by atoms with Gasteiger partial charge in [0, 0.05) is 13.1 Å². The summed E-state index contributed by atoms with van der Waals surface area (Å²) < 4.78 is 32.3. The minimum atomic E-state index is -3.49. The Hall–Kier alpha value is -2.23. The molecule has 2 aromatic rings. The Labute approximate surface area is 192 Å². The maximum absolute atomic E-state index is 12.8. The van der Waals surface area contributed by atoms with Gasteiger partial charge in [-0.2, -0.15) is 4.31 Å². The Morgan fingerprint density at radius 3 is 2.44 bits per heavy atom. The summed E-state index contributed by atoms with van der Waals surface area (Å²) in [5.41, 5.74) is 2.13. The van der Waals surface area contributed by atoms with Gasteiger partial charge in [-0.05, 0) is 67.2 Å². The number of carbonyl (C=O) groups is 2. The van der Waals surface area contributed by atoms with Gasteiger partial charge in [-0.3, -0.25) is 4.79 Å². The van der Waals surface area contributed by atoms with Crippen LogP contribution in [0.15, 0.2) is 34.5 Å². The van der Waals surface area contributed by atoms with Gasteiger partial charge in [-0.1, -0.05) is 18.6 Å². The van der Waals surface area contributed by atoms with E-state index in [1.807, 2.05) is 5.38 Å². The van der Waals surface area contributed by atoms with Crippen LogP contribution in [-0.2, 0) is 26.0 Å². The van der Waals surface area contributed by atoms with E-state index in [1.54, 1.807) is 31.2 Å². The number of nitrogens with one attached hydrogen (secondary N) is 1. The van der Waals surface area contributed by atoms with Crippen molar-refractivity contribution in [3.63, 3.8) is 0 Å². The highest BCUT2D eigenvalue weighted by Crippen LogP contribution is 2.46. The number of carbonyl (C=O) groups excluding carboxylic acids is 2. The lowest BCUT2D eigenvalue weighted by Gasteiger charge is -2.25. The van der Waals surface area contributed by atoms with Crippen LogP contribution in [0.1, 0.15) is 66.4 Å². The van der Waals surface area contributed by atoms with Crippen molar-refractivity contribution in [2.75, 3.05) is 25.0 Å². The van der Waals surface area contributed by atoms with Crippen molar-refractivity contribution in [2.24, 2.45) is 0 Å². The second kappa shape index (κ2) is 9.72. The lowest BCUT2D eigenvalue weighted by molar-refractivity contribution is -0.115. The van der Waals surface area contributed by atoms with Gasteiger partial charge in [0.1, 0.15) is 5.00 Å². The second-order valence-corrected chi connectivity index (χ2v) is 11.0. The first-order chi connectivity index (χ1) is 15.4. The third-order valence-corrected chi connectivity index (χ3v) is 8.64. The smallest absolute Gasteiger partial charge is 0.341 e. The Bertz CT molecular complexity index is 1080. The number of esters is 1. The number of amides is 1. The number of hydrogen-bond acceptors (Lipinski definition) is 6. The fraction of sp³-hybridized carbons (Fsp3) is 0.478. The number of ether oxygens (including phenoxy) is 1. The molecule has 1 N–H and O–H groups in total. The first kappa shape index (κ1) is 22.9. The van der Waals surface area contributed by atoms with Crippen molar-refractivity contribution in [2.45, 2.75) is 56.3 Å². The molecule has 1 aromatic heterocycles. The van der Waals surface area contributed by atoms with E-state index in [-0.39, 0.29) is 23.8 Å². The molecule has 2 heterocycles. The van der Waals surface area contributed by atoms with E-state index >= 15 is 0 Å². The predicted octanol–water partition coefficient (Wildman–Crippen LogP) is 4.16. The minimum absolute atomic E-state index is 0.0863. The first-order valence-corrected chi connectivity index (χ1v) is 13.4. The number of thiophene rings is 1. The van der Waals surface area contributed by atoms with Crippen molar-refractivity contribution in [3.8, 4) is 0 Å². The van der Waals surface area contributed by atoms with Crippen LogP contribution in [0.5, 0.6) is 0 Å². The molecule has 0 spiro atoms. The molecule has 172 valence electrons. The molecule has 4 rings (SSSR count). The van der Waals surface area contributed by atoms with Crippen LogP contribution in [0.3, 0.4) is 0 Å². The highest BCUT2D eigenvalue weighted by molar-refractivity contribution is 7.89. The molecule has 7 nitrogen and oxygen atoms in total. The van der Waals surface area contributed by atoms with Crippen molar-refractivity contribution in [1.82, 2.24) is 4.31 Å². The second-order valence-electron chi connectivity index (χ2n) is 8.22. The summed E-state index contributed by atoms with van der Waals surface area (Å²) in [7, 11) is -3.49. The van der Waals surface area contributed by atoms with Crippen LogP contribution in [0, 0.1) is 0 Å². The van der Waals surface area contributed by atoms with Gasteiger partial charge in [0.05, 0.1) is 23.5 Å². The molecular formula is C23H28N2O5S2. The molecule has 2 fully saturated rings. The maximum atomic E-state index is 12.8. The van der Waals surface area contributed by atoms with E-state index in [4.69, 9.17) is 4.74 Å². The van der Waals surface area contributed by atoms with E-state index in [0.717, 1.165) is 37.7 Å². The SMILES string of the molecule is CCOC(=O)c1c(C2CC2)csc1NC(=O)Cc1ccc(S(=O)(=O)N2CCCCC2)cc1. The van der Waals surface area contributed by atoms with Crippen molar-refractivity contribution in [1.29, 1.82) is 0 Å². The van der Waals surface area contributed by atoms with Crippen LogP contribution in [0.2, 0.25) is 0 Å². The molecular weight excluding hydrogens is 448 g/mol. The molecule has 1 aliphatic carbocycles. The van der Waals surface area contributed by atoms with Crippen LogP contribution in [0.25, 0.3) is 0 Å². The largest absolute Gasteiger partial charge is 0.462 e. The molecule has 1 aromatic carbocycles. The fourth-order valence-corrected chi connectivity index (χ4v) is 6.53. The van der Waals surface area contributed by atoms with E-state index < -0.39 is 16.0 Å². The number of hydrogen-bond donors (Lipinski definition) is 1. The average molecular weight is 477 g/mol. The van der Waals surface area contributed by atoms with E-state index in [0.29, 0.717) is 35.1 Å². The molecule has 1 aliphatic heterocycles. The Morgan fingerprint density at radius 2 is 1.81 bits per heavy atom. The monoisotopic (exact) mass is 476 g/mol. The van der Waals surface area contributed by atoms with Crippen molar-refractivity contribution < 1.29 is 22.7 Å². The number of anilines is 1. The molecule has 1 amide bonds. The molecule has 9 heteroatoms. The summed E-state index contributed by atoms with van der Waals surface area (Å²) in [6.07, 6.45) is 5.01. The lowest BCUT2D eigenvalue weighted by Crippen LogP contribution is -2.35. The quantitative estimate of drug-likeness (QED) is 0.578. The molecule has 0 radical (unpaired) electrons. The van der Waals surface area contributed by atoms with E-state index in [1.165, 1.54) is 15.6 Å². The number of benzene rings is 1. The Kier molecular flexibility index (Phi) is 6.97. The molecule has 0 bridgehead atoms. The molecule has 1 saturated carbocycles. The third kappa shape index (κ3) is 5.05. The Balaban J connectivity index is 1.43. The highest BCUT2D eigenvalue weighted by atomic mass is 32.2. The standard InChI is InChI=1S/C23H28N2O5S2/c1-2-30-23(27)21-19(17-8-9-17)15-31-22(21)24-20(26)14-16-6-10-18(11-7-16)32(28,29)25-12-4-3-5-13-25/h6-7,10-11,15,17H,2-5,8-9,12-14H2,1H3,(H,24,26). The summed E-state index contributed by atoms with van der Waals surface area (Å²) >= 11 is 1.34. The van der Waals surface area contributed by atoms with Crippen LogP contribution in [-0.4, -0.2) is 44.3 Å². The lowest BCUT2D eigenvalue weighted by atomic mass is 10.1. The number of sulfonamides is 1. The zero-order valence-corrected chi connectivity index (χ0v) is 19.8. The van der Waals surface area contributed by atoms with Crippen molar-refractivity contribution >= 4 is 38.2 Å². The maximum Gasteiger partial charge on any atom is 0.341 e. The summed E-state index contributed by atoms with van der Waals surface area (Å²) in [6, 6.07) is 6.47. The van der Waals surface area contributed by atoms with Crippen LogP contribution >= 0.6 is 11.3 Å². The van der Waals surface area contributed by atoms with Crippen molar-refractivity contribution in [3.05, 3.63) is 46.3 Å². The van der Waals surface area contributed by atoms with E-state index in [2.05, 4.69) is 5.32 Å². The minimum Gasteiger partial charge on any atom is -0.462 e. The summed E-state index contributed by atoms with van der Waals surface area (Å²) in [5.74, 6) is -0.296. The number of rotatable bonds is 8. The fourth-order valence-electron chi connectivity index (χ4n) is 3.96. The number of nitrogens with zero attached hydrogens (tertiary/aromatic N) is 1. The molecule has 2 aliphatic rings. The topological polar surface area (TPSA) is 92.8 Å². The summed E-state index contributed by atoms with van der Waals surface area (Å²) in [5, 5.41) is 5.29. The predicted molar refractivity (Wildman–Crippen MR) is 124 cm³/mol. The summed E-state index contributed by atoms with van der Waals surface area (Å²) in [6.45, 7) is 3.14. The van der Waals surface area contributed by atoms with Gasteiger partial charge in [-0.15, -0.1) is 11.3 Å². The van der Waals surface area contributed by atoms with Gasteiger partial charge in [0.15, 0.2) is 0 Å². The molecule has 32 heavy (non-hydrogen) atoms. The molecule has 0 unspecified atom stereocenters. The molecule has 1 saturated heterocycles. The molecule has 0 atom stereocenters. The van der Waals surface area contributed by atoms with Gasteiger partial charge >= 0.3 is 5.97 Å². The zero-order valence-electron chi connectivity index (χ0n) is 18.1. The van der Waals surface area contributed by atoms with Crippen LogP contribution in [0.4, 0.5) is 5.00 Å². The first-order valence-electron chi connectivity index (χ1n) is 11.1. The van der Waals surface area contributed by atoms with E-state index in [9.17, 15) is 18.0 Å². The third-order valence-electron chi connectivity index (χ3n) is 5.81. The van der Waals surface area contributed by atoms with Gasteiger partial charge in [0.25, 0.3) is 0 Å². The average Bonchev–Trinajstić information content (AvgIpc) is 3.55. The van der Waals surface area contributed by atoms with Gasteiger partial charge < -0.3 is 10.1 Å². The normalized spacial score (nSPS) is 17.2. The summed E-state index contributed by atoms with van der Waals surface area (Å²) in [4.78, 5) is 25.4. The number of piperidine rings is 1. The Morgan fingerprint density at radius 1 is 1.12 bits per heavy atom. The zero-order chi connectivity index (χ0) is 22.7. The van der Waals surface area contributed by atoms with Gasteiger partial charge in [-0.25, -0.2) is 13.2 Å². The van der Waals surface area contributed by atoms with Crippen LogP contribution < -0.4 is 5.32 Å². The van der Waals surface area contributed by atoms with Gasteiger partial charge in [0.2, 0.25) is 15.9 Å².